The zero-order valence-electron chi connectivity index (χ0n) is 14.5. The molecule has 2 atom stereocenters. The first kappa shape index (κ1) is 18.8. The Balaban J connectivity index is 2.16. The second kappa shape index (κ2) is 9.01. The fourth-order valence-corrected chi connectivity index (χ4v) is 2.92. The number of carbonyl (C=O) groups excluding carboxylic acids is 2. The van der Waals surface area contributed by atoms with Crippen molar-refractivity contribution in [1.29, 1.82) is 0 Å². The molecule has 0 aromatic rings. The fourth-order valence-electron chi connectivity index (χ4n) is 2.92. The van der Waals surface area contributed by atoms with Gasteiger partial charge in [0.25, 0.3) is 0 Å². The number of alkyl carbamates (subject to hydrolysis) is 1. The summed E-state index contributed by atoms with van der Waals surface area (Å²) < 4.78 is 5.14. The topological polar surface area (TPSA) is 67.4 Å². The molecule has 2 N–H and O–H groups in total. The predicted octanol–water partition coefficient (Wildman–Crippen LogP) is 3.38. The Morgan fingerprint density at radius 1 is 1.18 bits per heavy atom. The zero-order valence-corrected chi connectivity index (χ0v) is 14.5. The summed E-state index contributed by atoms with van der Waals surface area (Å²) in [7, 11) is 0. The molecule has 1 fully saturated rings. The lowest BCUT2D eigenvalue weighted by Crippen LogP contribution is -2.42. The maximum Gasteiger partial charge on any atom is 0.407 e. The average molecular weight is 312 g/mol. The molecule has 1 saturated carbocycles. The highest BCUT2D eigenvalue weighted by molar-refractivity contribution is 5.76. The molecule has 128 valence electrons. The van der Waals surface area contributed by atoms with Gasteiger partial charge in [0.1, 0.15) is 5.60 Å². The lowest BCUT2D eigenvalue weighted by atomic mass is 9.83. The Hall–Kier alpha value is -1.26. The monoisotopic (exact) mass is 312 g/mol. The largest absolute Gasteiger partial charge is 0.444 e. The van der Waals surface area contributed by atoms with Crippen LogP contribution in [-0.2, 0) is 9.53 Å². The summed E-state index contributed by atoms with van der Waals surface area (Å²) in [5.74, 6) is 0.717. The molecule has 0 radical (unpaired) electrons. The first-order valence-electron chi connectivity index (χ1n) is 8.58. The van der Waals surface area contributed by atoms with E-state index >= 15 is 0 Å². The van der Waals surface area contributed by atoms with Crippen molar-refractivity contribution in [2.24, 2.45) is 5.92 Å². The number of amides is 2. The van der Waals surface area contributed by atoms with Crippen LogP contribution in [0.1, 0.15) is 72.6 Å². The van der Waals surface area contributed by atoms with Crippen LogP contribution in [0.3, 0.4) is 0 Å². The van der Waals surface area contributed by atoms with Gasteiger partial charge in [0, 0.05) is 19.0 Å². The highest BCUT2D eigenvalue weighted by Gasteiger charge is 2.24. The van der Waals surface area contributed by atoms with Gasteiger partial charge in [0.15, 0.2) is 0 Å². The molecule has 0 heterocycles. The Morgan fingerprint density at radius 3 is 2.50 bits per heavy atom. The first-order valence-corrected chi connectivity index (χ1v) is 8.58. The van der Waals surface area contributed by atoms with E-state index in [2.05, 4.69) is 17.6 Å². The van der Waals surface area contributed by atoms with E-state index in [0.717, 1.165) is 12.8 Å². The van der Waals surface area contributed by atoms with Gasteiger partial charge in [-0.05, 0) is 46.0 Å². The van der Waals surface area contributed by atoms with Crippen molar-refractivity contribution in [3.8, 4) is 0 Å². The smallest absolute Gasteiger partial charge is 0.407 e. The van der Waals surface area contributed by atoms with E-state index in [9.17, 15) is 9.59 Å². The van der Waals surface area contributed by atoms with Crippen LogP contribution in [-0.4, -0.2) is 30.2 Å². The molecular weight excluding hydrogens is 280 g/mol. The fraction of sp³-hybridized carbons (Fsp3) is 0.882. The number of carbonyl (C=O) groups is 2. The van der Waals surface area contributed by atoms with E-state index in [0.29, 0.717) is 31.3 Å². The van der Waals surface area contributed by atoms with Crippen LogP contribution in [0.5, 0.6) is 0 Å². The van der Waals surface area contributed by atoms with Crippen molar-refractivity contribution < 1.29 is 14.3 Å². The molecule has 2 amide bonds. The normalized spacial score (nSPS) is 22.0. The minimum absolute atomic E-state index is 0.0938. The van der Waals surface area contributed by atoms with Gasteiger partial charge in [0.05, 0.1) is 0 Å². The number of ether oxygens (including phenoxy) is 1. The van der Waals surface area contributed by atoms with E-state index in [1.807, 2.05) is 20.8 Å². The zero-order chi connectivity index (χ0) is 16.6. The quantitative estimate of drug-likeness (QED) is 0.739. The average Bonchev–Trinajstić information content (AvgIpc) is 2.42. The summed E-state index contributed by atoms with van der Waals surface area (Å²) in [6, 6.07) is 0.338. The molecule has 0 aliphatic heterocycles. The van der Waals surface area contributed by atoms with Crippen molar-refractivity contribution in [1.82, 2.24) is 10.6 Å². The summed E-state index contributed by atoms with van der Waals surface area (Å²) in [6.45, 7) is 8.14. The third-order valence-electron chi connectivity index (χ3n) is 4.03. The van der Waals surface area contributed by atoms with Gasteiger partial charge in [-0.2, -0.15) is 0 Å². The standard InChI is InChI=1S/C17H32N2O3/c1-5-13-9-6-7-10-14(13)19-15(20)11-8-12-18-16(21)22-17(2,3)4/h13-14H,5-12H2,1-4H3,(H,18,21)(H,19,20). The molecule has 22 heavy (non-hydrogen) atoms. The maximum absolute atomic E-state index is 12.0. The molecule has 2 unspecified atom stereocenters. The Morgan fingerprint density at radius 2 is 1.86 bits per heavy atom. The molecule has 5 nitrogen and oxygen atoms in total. The first-order chi connectivity index (χ1) is 10.3. The Kier molecular flexibility index (Phi) is 7.69. The summed E-state index contributed by atoms with van der Waals surface area (Å²) in [5.41, 5.74) is -0.488. The molecular formula is C17H32N2O3. The summed E-state index contributed by atoms with van der Waals surface area (Å²) in [4.78, 5) is 23.5. The highest BCUT2D eigenvalue weighted by Crippen LogP contribution is 2.26. The van der Waals surface area contributed by atoms with E-state index in [-0.39, 0.29) is 5.91 Å². The van der Waals surface area contributed by atoms with Crippen molar-refractivity contribution in [2.45, 2.75) is 84.3 Å². The van der Waals surface area contributed by atoms with Gasteiger partial charge in [-0.3, -0.25) is 4.79 Å². The van der Waals surface area contributed by atoms with Gasteiger partial charge in [-0.1, -0.05) is 26.2 Å². The molecule has 5 heteroatoms. The molecule has 0 aromatic heterocycles. The number of rotatable bonds is 6. The van der Waals surface area contributed by atoms with Gasteiger partial charge in [-0.15, -0.1) is 0 Å². The van der Waals surface area contributed by atoms with Gasteiger partial charge >= 0.3 is 6.09 Å². The van der Waals surface area contributed by atoms with Crippen LogP contribution in [0.2, 0.25) is 0 Å². The molecule has 1 aliphatic rings. The van der Waals surface area contributed by atoms with Crippen LogP contribution in [0.25, 0.3) is 0 Å². The molecule has 0 aromatic carbocycles. The second-order valence-electron chi connectivity index (χ2n) is 7.16. The van der Waals surface area contributed by atoms with Gasteiger partial charge in [0.2, 0.25) is 5.91 Å². The van der Waals surface area contributed by atoms with Crippen LogP contribution < -0.4 is 10.6 Å². The highest BCUT2D eigenvalue weighted by atomic mass is 16.6. The van der Waals surface area contributed by atoms with Crippen molar-refractivity contribution in [3.05, 3.63) is 0 Å². The summed E-state index contributed by atoms with van der Waals surface area (Å²) in [5, 5.41) is 5.84. The molecule has 0 spiro atoms. The lowest BCUT2D eigenvalue weighted by Gasteiger charge is -2.31. The number of hydrogen-bond donors (Lipinski definition) is 2. The maximum atomic E-state index is 12.0. The lowest BCUT2D eigenvalue weighted by molar-refractivity contribution is -0.122. The molecule has 0 saturated heterocycles. The number of nitrogens with one attached hydrogen (secondary N) is 2. The summed E-state index contributed by atoms with van der Waals surface area (Å²) >= 11 is 0. The van der Waals surface area contributed by atoms with Crippen LogP contribution in [0.4, 0.5) is 4.79 Å². The van der Waals surface area contributed by atoms with Crippen molar-refractivity contribution >= 4 is 12.0 Å². The van der Waals surface area contributed by atoms with E-state index < -0.39 is 11.7 Å². The molecule has 1 aliphatic carbocycles. The predicted molar refractivity (Wildman–Crippen MR) is 87.7 cm³/mol. The minimum Gasteiger partial charge on any atom is -0.444 e. The minimum atomic E-state index is -0.488. The Labute approximate surface area is 134 Å². The number of hydrogen-bond acceptors (Lipinski definition) is 3. The Bertz CT molecular complexity index is 363. The van der Waals surface area contributed by atoms with E-state index in [4.69, 9.17) is 4.74 Å². The van der Waals surface area contributed by atoms with Gasteiger partial charge in [-0.25, -0.2) is 4.79 Å². The van der Waals surface area contributed by atoms with Crippen molar-refractivity contribution in [2.75, 3.05) is 6.54 Å². The van der Waals surface area contributed by atoms with Crippen LogP contribution in [0, 0.1) is 5.92 Å². The third kappa shape index (κ3) is 7.66. The van der Waals surface area contributed by atoms with Crippen LogP contribution in [0.15, 0.2) is 0 Å². The van der Waals surface area contributed by atoms with Gasteiger partial charge < -0.3 is 15.4 Å². The molecule has 1 rings (SSSR count). The SMILES string of the molecule is CCC1CCCCC1NC(=O)CCCNC(=O)OC(C)(C)C. The van der Waals surface area contributed by atoms with E-state index in [1.165, 1.54) is 19.3 Å². The molecule has 0 bridgehead atoms. The van der Waals surface area contributed by atoms with E-state index in [1.54, 1.807) is 0 Å². The summed E-state index contributed by atoms with van der Waals surface area (Å²) in [6.07, 6.45) is 6.60. The van der Waals surface area contributed by atoms with Crippen molar-refractivity contribution in [3.63, 3.8) is 0 Å². The van der Waals surface area contributed by atoms with Crippen LogP contribution >= 0.6 is 0 Å². The third-order valence-corrected chi connectivity index (χ3v) is 4.03. The second-order valence-corrected chi connectivity index (χ2v) is 7.16.